The molecule has 0 spiro atoms. The molecule has 4 rings (SSSR count). The number of anilines is 1. The molecule has 2 fully saturated rings. The number of nitrogens with one attached hydrogen (secondary N) is 1. The molecule has 2 aromatic heterocycles. The summed E-state index contributed by atoms with van der Waals surface area (Å²) in [6, 6.07) is 2.54. The van der Waals surface area contributed by atoms with Crippen LogP contribution >= 0.6 is 11.3 Å². The topological polar surface area (TPSA) is 58.1 Å². The van der Waals surface area contributed by atoms with E-state index in [0.29, 0.717) is 18.4 Å². The zero-order chi connectivity index (χ0) is 16.4. The van der Waals surface area contributed by atoms with E-state index < -0.39 is 0 Å². The number of nitrogens with zero attached hydrogens (tertiary/aromatic N) is 3. The summed E-state index contributed by atoms with van der Waals surface area (Å²) < 4.78 is 0. The summed E-state index contributed by atoms with van der Waals surface area (Å²) in [7, 11) is 0. The Morgan fingerprint density at radius 3 is 2.79 bits per heavy atom. The minimum Gasteiger partial charge on any atom is -0.356 e. The van der Waals surface area contributed by atoms with E-state index in [1.54, 1.807) is 17.7 Å². The SMILES string of the molecule is O=C(CC1CCN(c2ncnc3sccc23)CC1)NC1CCCC1. The lowest BCUT2D eigenvalue weighted by molar-refractivity contribution is -0.122. The number of carbonyl (C=O) groups is 1. The van der Waals surface area contributed by atoms with E-state index in [0.717, 1.165) is 54.8 Å². The largest absolute Gasteiger partial charge is 0.356 e. The van der Waals surface area contributed by atoms with Gasteiger partial charge in [0, 0.05) is 25.6 Å². The highest BCUT2D eigenvalue weighted by atomic mass is 32.1. The Morgan fingerprint density at radius 2 is 2.00 bits per heavy atom. The van der Waals surface area contributed by atoms with Gasteiger partial charge in [-0.1, -0.05) is 12.8 Å². The molecule has 1 aliphatic heterocycles. The Balaban J connectivity index is 1.31. The molecular formula is C18H24N4OS. The highest BCUT2D eigenvalue weighted by Gasteiger charge is 2.25. The minimum absolute atomic E-state index is 0.252. The van der Waals surface area contributed by atoms with Crippen LogP contribution in [0.2, 0.25) is 0 Å². The number of thiophene rings is 1. The number of hydrogen-bond acceptors (Lipinski definition) is 5. The number of piperidine rings is 1. The lowest BCUT2D eigenvalue weighted by atomic mass is 9.93. The molecule has 1 saturated heterocycles. The molecular weight excluding hydrogens is 320 g/mol. The molecule has 1 saturated carbocycles. The van der Waals surface area contributed by atoms with Gasteiger partial charge in [-0.3, -0.25) is 4.79 Å². The molecule has 1 N–H and O–H groups in total. The van der Waals surface area contributed by atoms with E-state index in [-0.39, 0.29) is 5.91 Å². The molecule has 5 nitrogen and oxygen atoms in total. The first kappa shape index (κ1) is 15.8. The first-order valence-corrected chi connectivity index (χ1v) is 9.90. The average molecular weight is 344 g/mol. The molecule has 0 atom stereocenters. The molecule has 2 aromatic rings. The van der Waals surface area contributed by atoms with Gasteiger partial charge in [0.25, 0.3) is 0 Å². The normalized spacial score (nSPS) is 19.9. The van der Waals surface area contributed by atoms with Crippen molar-refractivity contribution >= 4 is 33.3 Å². The van der Waals surface area contributed by atoms with Gasteiger partial charge in [-0.2, -0.15) is 0 Å². The van der Waals surface area contributed by atoms with E-state index in [2.05, 4.69) is 31.6 Å². The van der Waals surface area contributed by atoms with Crippen LogP contribution in [0, 0.1) is 5.92 Å². The summed E-state index contributed by atoms with van der Waals surface area (Å²) in [5.41, 5.74) is 0. The third-order valence-electron chi connectivity index (χ3n) is 5.35. The smallest absolute Gasteiger partial charge is 0.220 e. The van der Waals surface area contributed by atoms with Crippen molar-refractivity contribution in [3.05, 3.63) is 17.8 Å². The molecule has 0 radical (unpaired) electrons. The van der Waals surface area contributed by atoms with Crippen LogP contribution in [0.1, 0.15) is 44.9 Å². The van der Waals surface area contributed by atoms with Gasteiger partial charge < -0.3 is 10.2 Å². The van der Waals surface area contributed by atoms with Gasteiger partial charge in [0.2, 0.25) is 5.91 Å². The minimum atomic E-state index is 0.252. The molecule has 128 valence electrons. The van der Waals surface area contributed by atoms with Gasteiger partial charge in [-0.25, -0.2) is 9.97 Å². The van der Waals surface area contributed by atoms with Gasteiger partial charge in [0.1, 0.15) is 17.0 Å². The van der Waals surface area contributed by atoms with E-state index in [4.69, 9.17) is 0 Å². The maximum atomic E-state index is 12.2. The summed E-state index contributed by atoms with van der Waals surface area (Å²) in [6.07, 6.45) is 9.32. The lowest BCUT2D eigenvalue weighted by Crippen LogP contribution is -2.38. The Kier molecular flexibility index (Phi) is 4.65. The Hall–Kier alpha value is -1.69. The number of rotatable bonds is 4. The van der Waals surface area contributed by atoms with Gasteiger partial charge in [0.05, 0.1) is 5.39 Å². The summed E-state index contributed by atoms with van der Waals surface area (Å²) in [5, 5.41) is 6.44. The molecule has 0 bridgehead atoms. The summed E-state index contributed by atoms with van der Waals surface area (Å²) >= 11 is 1.66. The maximum absolute atomic E-state index is 12.2. The summed E-state index contributed by atoms with van der Waals surface area (Å²) in [4.78, 5) is 24.4. The second-order valence-corrected chi connectivity index (χ2v) is 7.91. The molecule has 6 heteroatoms. The van der Waals surface area contributed by atoms with Crippen LogP contribution in [0.5, 0.6) is 0 Å². The number of amides is 1. The molecule has 24 heavy (non-hydrogen) atoms. The van der Waals surface area contributed by atoms with Crippen molar-refractivity contribution in [2.24, 2.45) is 5.92 Å². The fourth-order valence-electron chi connectivity index (χ4n) is 4.00. The number of hydrogen-bond donors (Lipinski definition) is 1. The van der Waals surface area contributed by atoms with Gasteiger partial charge in [-0.05, 0) is 43.0 Å². The van der Waals surface area contributed by atoms with E-state index in [9.17, 15) is 4.79 Å². The van der Waals surface area contributed by atoms with Crippen molar-refractivity contribution in [2.45, 2.75) is 51.0 Å². The number of carbonyl (C=O) groups excluding carboxylic acids is 1. The Labute approximate surface area is 146 Å². The Bertz CT molecular complexity index is 702. The predicted molar refractivity (Wildman–Crippen MR) is 97.4 cm³/mol. The first-order valence-electron chi connectivity index (χ1n) is 9.02. The van der Waals surface area contributed by atoms with Crippen molar-refractivity contribution in [3.8, 4) is 0 Å². The van der Waals surface area contributed by atoms with Crippen molar-refractivity contribution in [1.29, 1.82) is 0 Å². The zero-order valence-electron chi connectivity index (χ0n) is 13.9. The maximum Gasteiger partial charge on any atom is 0.220 e. The van der Waals surface area contributed by atoms with Crippen LogP contribution in [-0.2, 0) is 4.79 Å². The third kappa shape index (κ3) is 3.38. The monoisotopic (exact) mass is 344 g/mol. The van der Waals surface area contributed by atoms with Crippen LogP contribution < -0.4 is 10.2 Å². The van der Waals surface area contributed by atoms with Gasteiger partial charge in [-0.15, -0.1) is 11.3 Å². The van der Waals surface area contributed by atoms with E-state index >= 15 is 0 Å². The van der Waals surface area contributed by atoms with Crippen molar-refractivity contribution in [2.75, 3.05) is 18.0 Å². The van der Waals surface area contributed by atoms with Gasteiger partial charge in [0.15, 0.2) is 0 Å². The number of fused-ring (bicyclic) bond motifs is 1. The Morgan fingerprint density at radius 1 is 1.21 bits per heavy atom. The highest BCUT2D eigenvalue weighted by Crippen LogP contribution is 2.30. The molecule has 0 aromatic carbocycles. The third-order valence-corrected chi connectivity index (χ3v) is 6.17. The van der Waals surface area contributed by atoms with Crippen LogP contribution in [0.3, 0.4) is 0 Å². The van der Waals surface area contributed by atoms with Crippen molar-refractivity contribution in [3.63, 3.8) is 0 Å². The van der Waals surface area contributed by atoms with Crippen LogP contribution in [0.4, 0.5) is 5.82 Å². The summed E-state index contributed by atoms with van der Waals surface area (Å²) in [6.45, 7) is 1.95. The first-order chi connectivity index (χ1) is 11.8. The van der Waals surface area contributed by atoms with Crippen LogP contribution in [-0.4, -0.2) is 35.0 Å². The zero-order valence-corrected chi connectivity index (χ0v) is 14.7. The number of aromatic nitrogens is 2. The average Bonchev–Trinajstić information content (AvgIpc) is 3.26. The van der Waals surface area contributed by atoms with E-state index in [1.807, 2.05) is 0 Å². The molecule has 1 aliphatic carbocycles. The lowest BCUT2D eigenvalue weighted by Gasteiger charge is -2.33. The van der Waals surface area contributed by atoms with Gasteiger partial charge >= 0.3 is 0 Å². The van der Waals surface area contributed by atoms with E-state index in [1.165, 1.54) is 12.8 Å². The molecule has 2 aliphatic rings. The summed E-state index contributed by atoms with van der Waals surface area (Å²) in [5.74, 6) is 1.81. The fourth-order valence-corrected chi connectivity index (χ4v) is 4.72. The molecule has 3 heterocycles. The molecule has 1 amide bonds. The van der Waals surface area contributed by atoms with Crippen molar-refractivity contribution < 1.29 is 4.79 Å². The molecule has 0 unspecified atom stereocenters. The van der Waals surface area contributed by atoms with Crippen LogP contribution in [0.25, 0.3) is 10.2 Å². The van der Waals surface area contributed by atoms with Crippen LogP contribution in [0.15, 0.2) is 17.8 Å². The quantitative estimate of drug-likeness (QED) is 0.924. The second kappa shape index (κ2) is 7.05. The standard InChI is InChI=1S/C18H24N4OS/c23-16(21-14-3-1-2-4-14)11-13-5-8-22(9-6-13)17-15-7-10-24-18(15)20-12-19-17/h7,10,12-14H,1-6,8-9,11H2,(H,21,23). The highest BCUT2D eigenvalue weighted by molar-refractivity contribution is 7.16. The predicted octanol–water partition coefficient (Wildman–Crippen LogP) is 3.36. The second-order valence-electron chi connectivity index (χ2n) is 7.02. The fraction of sp³-hybridized carbons (Fsp3) is 0.611. The van der Waals surface area contributed by atoms with Crippen molar-refractivity contribution in [1.82, 2.24) is 15.3 Å².